The number of fused-ring (bicyclic) bond motifs is 1. The minimum Gasteiger partial charge on any atom is -0.342 e. The van der Waals surface area contributed by atoms with Gasteiger partial charge < -0.3 is 15.6 Å². The van der Waals surface area contributed by atoms with Crippen LogP contribution in [0.2, 0.25) is 5.02 Å². The number of nitrogens with zero attached hydrogens (tertiary/aromatic N) is 3. The quantitative estimate of drug-likeness (QED) is 0.774. The van der Waals surface area contributed by atoms with Gasteiger partial charge in [0.05, 0.1) is 5.52 Å². The Kier molecular flexibility index (Phi) is 3.54. The smallest absolute Gasteiger partial charge is 0.158 e. The molecule has 2 heterocycles. The second kappa shape index (κ2) is 5.48. The molecule has 0 aliphatic heterocycles. The van der Waals surface area contributed by atoms with Crippen LogP contribution in [0, 0.1) is 0 Å². The number of anilines is 2. The van der Waals surface area contributed by atoms with E-state index in [1.165, 1.54) is 0 Å². The zero-order valence-electron chi connectivity index (χ0n) is 10.8. The summed E-state index contributed by atoms with van der Waals surface area (Å²) in [7, 11) is 0. The number of rotatable bonds is 4. The Morgan fingerprint density at radius 3 is 2.95 bits per heavy atom. The predicted molar refractivity (Wildman–Crippen MR) is 81.3 cm³/mol. The van der Waals surface area contributed by atoms with E-state index in [0.29, 0.717) is 11.6 Å². The summed E-state index contributed by atoms with van der Waals surface area (Å²) in [5.74, 6) is 0.746. The molecule has 20 heavy (non-hydrogen) atoms. The van der Waals surface area contributed by atoms with Crippen molar-refractivity contribution in [2.75, 3.05) is 11.9 Å². The third-order valence-electron chi connectivity index (χ3n) is 3.01. The van der Waals surface area contributed by atoms with Crippen LogP contribution in [0.1, 0.15) is 0 Å². The Labute approximate surface area is 121 Å². The molecule has 102 valence electrons. The highest BCUT2D eigenvalue weighted by Crippen LogP contribution is 2.25. The first-order chi connectivity index (χ1) is 9.78. The molecule has 1 aromatic carbocycles. The van der Waals surface area contributed by atoms with E-state index in [-0.39, 0.29) is 0 Å². The summed E-state index contributed by atoms with van der Waals surface area (Å²) in [6.07, 6.45) is 3.51. The van der Waals surface area contributed by atoms with Gasteiger partial charge in [0.2, 0.25) is 0 Å². The van der Waals surface area contributed by atoms with Crippen molar-refractivity contribution in [1.82, 2.24) is 14.5 Å². The molecule has 2 aromatic heterocycles. The van der Waals surface area contributed by atoms with Crippen LogP contribution in [-0.4, -0.2) is 21.1 Å². The number of nitrogens with one attached hydrogen (secondary N) is 1. The van der Waals surface area contributed by atoms with Crippen LogP contribution in [0.15, 0.2) is 42.9 Å². The molecule has 0 aliphatic rings. The van der Waals surface area contributed by atoms with Gasteiger partial charge >= 0.3 is 0 Å². The fourth-order valence-corrected chi connectivity index (χ4v) is 2.34. The lowest BCUT2D eigenvalue weighted by Crippen LogP contribution is -2.10. The molecule has 5 nitrogen and oxygen atoms in total. The molecule has 0 saturated heterocycles. The van der Waals surface area contributed by atoms with Gasteiger partial charge in [0.15, 0.2) is 5.82 Å². The van der Waals surface area contributed by atoms with Gasteiger partial charge in [-0.2, -0.15) is 0 Å². The largest absolute Gasteiger partial charge is 0.342 e. The molecule has 0 saturated carbocycles. The van der Waals surface area contributed by atoms with Crippen molar-refractivity contribution in [3.8, 4) is 0 Å². The fourth-order valence-electron chi connectivity index (χ4n) is 2.15. The summed E-state index contributed by atoms with van der Waals surface area (Å²) in [5, 5.41) is 3.95. The Hall–Kier alpha value is -2.11. The third-order valence-corrected chi connectivity index (χ3v) is 3.24. The van der Waals surface area contributed by atoms with Crippen LogP contribution < -0.4 is 11.1 Å². The van der Waals surface area contributed by atoms with Crippen molar-refractivity contribution in [3.63, 3.8) is 0 Å². The first-order valence-corrected chi connectivity index (χ1v) is 6.68. The average Bonchev–Trinajstić information content (AvgIpc) is 2.84. The monoisotopic (exact) mass is 287 g/mol. The van der Waals surface area contributed by atoms with Gasteiger partial charge in [0, 0.05) is 30.0 Å². The van der Waals surface area contributed by atoms with Crippen LogP contribution >= 0.6 is 11.6 Å². The number of halogens is 1. The topological polar surface area (TPSA) is 68.8 Å². The first kappa shape index (κ1) is 12.9. The molecule has 0 unspecified atom stereocenters. The molecule has 0 bridgehead atoms. The molecule has 0 aliphatic carbocycles. The van der Waals surface area contributed by atoms with Crippen LogP contribution in [0.3, 0.4) is 0 Å². The zero-order chi connectivity index (χ0) is 13.9. The third kappa shape index (κ3) is 2.45. The molecule has 0 radical (unpaired) electrons. The van der Waals surface area contributed by atoms with E-state index in [9.17, 15) is 0 Å². The Bertz CT molecular complexity index is 737. The number of benzene rings is 1. The summed E-state index contributed by atoms with van der Waals surface area (Å²) >= 11 is 5.99. The maximum absolute atomic E-state index is 5.99. The van der Waals surface area contributed by atoms with Crippen LogP contribution in [0.25, 0.3) is 11.0 Å². The van der Waals surface area contributed by atoms with Gasteiger partial charge in [-0.05, 0) is 24.3 Å². The molecule has 3 rings (SSSR count). The summed E-state index contributed by atoms with van der Waals surface area (Å²) in [4.78, 5) is 8.59. The van der Waals surface area contributed by atoms with Gasteiger partial charge in [-0.15, -0.1) is 0 Å². The van der Waals surface area contributed by atoms with E-state index >= 15 is 0 Å². The van der Waals surface area contributed by atoms with Crippen molar-refractivity contribution in [2.24, 2.45) is 5.73 Å². The van der Waals surface area contributed by atoms with E-state index in [1.807, 2.05) is 41.1 Å². The van der Waals surface area contributed by atoms with Gasteiger partial charge in [-0.3, -0.25) is 0 Å². The van der Waals surface area contributed by atoms with E-state index in [1.54, 1.807) is 6.33 Å². The second-order valence-corrected chi connectivity index (χ2v) is 4.83. The van der Waals surface area contributed by atoms with Crippen molar-refractivity contribution >= 4 is 34.1 Å². The number of hydrogen-bond donors (Lipinski definition) is 2. The maximum Gasteiger partial charge on any atom is 0.158 e. The molecule has 0 fully saturated rings. The van der Waals surface area contributed by atoms with E-state index < -0.39 is 0 Å². The normalized spacial score (nSPS) is 10.9. The average molecular weight is 288 g/mol. The number of hydrogen-bond acceptors (Lipinski definition) is 4. The Balaban J connectivity index is 2.04. The Morgan fingerprint density at radius 2 is 2.15 bits per heavy atom. The maximum atomic E-state index is 5.99. The van der Waals surface area contributed by atoms with Gasteiger partial charge in [0.25, 0.3) is 0 Å². The minimum absolute atomic E-state index is 0.565. The van der Waals surface area contributed by atoms with Gasteiger partial charge in [-0.25, -0.2) is 9.97 Å². The summed E-state index contributed by atoms with van der Waals surface area (Å²) < 4.78 is 2.04. The van der Waals surface area contributed by atoms with Crippen molar-refractivity contribution < 1.29 is 0 Å². The van der Waals surface area contributed by atoms with E-state index in [4.69, 9.17) is 17.3 Å². The molecule has 3 aromatic rings. The van der Waals surface area contributed by atoms with Crippen LogP contribution in [-0.2, 0) is 6.54 Å². The fraction of sp³-hybridized carbons (Fsp3) is 0.143. The van der Waals surface area contributed by atoms with E-state index in [2.05, 4.69) is 15.3 Å². The van der Waals surface area contributed by atoms with Crippen LogP contribution in [0.5, 0.6) is 0 Å². The summed E-state index contributed by atoms with van der Waals surface area (Å²) in [6, 6.07) is 9.47. The first-order valence-electron chi connectivity index (χ1n) is 6.30. The molecule has 0 spiro atoms. The Morgan fingerprint density at radius 1 is 1.25 bits per heavy atom. The SMILES string of the molecule is NCCn1ccc2ncnc(Nc3cccc(Cl)c3)c21. The highest BCUT2D eigenvalue weighted by molar-refractivity contribution is 6.30. The summed E-state index contributed by atoms with van der Waals surface area (Å²) in [5.41, 5.74) is 8.35. The molecule has 6 heteroatoms. The highest BCUT2D eigenvalue weighted by Gasteiger charge is 2.09. The standard InChI is InChI=1S/C14H14ClN5/c15-10-2-1-3-11(8-10)19-14-13-12(17-9-18-14)4-6-20(13)7-5-16/h1-4,6,8-9H,5,7,16H2,(H,17,18,19). The molecule has 0 amide bonds. The van der Waals surface area contributed by atoms with Gasteiger partial charge in [-0.1, -0.05) is 17.7 Å². The van der Waals surface area contributed by atoms with Crippen molar-refractivity contribution in [2.45, 2.75) is 6.54 Å². The lowest BCUT2D eigenvalue weighted by molar-refractivity contribution is 0.735. The number of nitrogens with two attached hydrogens (primary N) is 1. The second-order valence-electron chi connectivity index (χ2n) is 4.39. The number of aromatic nitrogens is 3. The highest BCUT2D eigenvalue weighted by atomic mass is 35.5. The van der Waals surface area contributed by atoms with Crippen LogP contribution in [0.4, 0.5) is 11.5 Å². The molecule has 0 atom stereocenters. The van der Waals surface area contributed by atoms with Crippen molar-refractivity contribution in [1.29, 1.82) is 0 Å². The lowest BCUT2D eigenvalue weighted by atomic mass is 10.3. The van der Waals surface area contributed by atoms with Gasteiger partial charge in [0.1, 0.15) is 11.8 Å². The predicted octanol–water partition coefficient (Wildman–Crippen LogP) is 2.79. The molecular formula is C14H14ClN5. The molecular weight excluding hydrogens is 274 g/mol. The lowest BCUT2D eigenvalue weighted by Gasteiger charge is -2.10. The summed E-state index contributed by atoms with van der Waals surface area (Å²) in [6.45, 7) is 1.29. The van der Waals surface area contributed by atoms with E-state index in [0.717, 1.165) is 29.1 Å². The zero-order valence-corrected chi connectivity index (χ0v) is 11.5. The molecule has 3 N–H and O–H groups in total. The van der Waals surface area contributed by atoms with Crippen molar-refractivity contribution in [3.05, 3.63) is 47.9 Å². The minimum atomic E-state index is 0.565.